The zero-order valence-electron chi connectivity index (χ0n) is 10.2. The number of hydrogen-bond donors (Lipinski definition) is 1. The van der Waals surface area contributed by atoms with Crippen LogP contribution in [0, 0.1) is 11.6 Å². The highest BCUT2D eigenvalue weighted by atomic mass is 19.1. The number of nitrogens with one attached hydrogen (secondary N) is 1. The molecule has 18 heavy (non-hydrogen) atoms. The molecule has 0 radical (unpaired) electrons. The molecular formula is C13H16F2N2O. The summed E-state index contributed by atoms with van der Waals surface area (Å²) in [4.78, 5) is 14.0. The topological polar surface area (TPSA) is 32.3 Å². The van der Waals surface area contributed by atoms with E-state index in [1.807, 2.05) is 11.9 Å². The van der Waals surface area contributed by atoms with Crippen molar-refractivity contribution in [2.45, 2.75) is 25.3 Å². The molecule has 1 aromatic rings. The van der Waals surface area contributed by atoms with Gasteiger partial charge in [-0.2, -0.15) is 0 Å². The summed E-state index contributed by atoms with van der Waals surface area (Å²) in [5.74, 6) is -1.63. The lowest BCUT2D eigenvalue weighted by molar-refractivity contribution is -0.121. The van der Waals surface area contributed by atoms with Crippen LogP contribution >= 0.6 is 0 Å². The van der Waals surface area contributed by atoms with Gasteiger partial charge in [0.2, 0.25) is 5.91 Å². The number of rotatable bonds is 2. The molecule has 1 fully saturated rings. The van der Waals surface area contributed by atoms with E-state index < -0.39 is 11.6 Å². The minimum Gasteiger partial charge on any atom is -0.322 e. The van der Waals surface area contributed by atoms with E-state index in [2.05, 4.69) is 5.32 Å². The minimum atomic E-state index is -0.748. The van der Waals surface area contributed by atoms with E-state index in [0.29, 0.717) is 0 Å². The molecule has 3 nitrogen and oxygen atoms in total. The van der Waals surface area contributed by atoms with Crippen molar-refractivity contribution in [3.63, 3.8) is 0 Å². The predicted octanol–water partition coefficient (Wildman–Crippen LogP) is 2.39. The monoisotopic (exact) mass is 254 g/mol. The molecule has 1 atom stereocenters. The van der Waals surface area contributed by atoms with Gasteiger partial charge in [-0.25, -0.2) is 8.78 Å². The van der Waals surface area contributed by atoms with Crippen LogP contribution in [-0.2, 0) is 4.79 Å². The molecule has 1 heterocycles. The molecule has 0 spiro atoms. The van der Waals surface area contributed by atoms with Crippen LogP contribution in [0.4, 0.5) is 14.5 Å². The van der Waals surface area contributed by atoms with E-state index in [1.54, 1.807) is 0 Å². The van der Waals surface area contributed by atoms with E-state index in [-0.39, 0.29) is 17.6 Å². The maximum atomic E-state index is 13.4. The zero-order valence-corrected chi connectivity index (χ0v) is 10.2. The van der Waals surface area contributed by atoms with E-state index in [9.17, 15) is 13.6 Å². The molecule has 1 amide bonds. The first-order valence-corrected chi connectivity index (χ1v) is 6.04. The van der Waals surface area contributed by atoms with Crippen molar-refractivity contribution in [2.75, 3.05) is 18.9 Å². The van der Waals surface area contributed by atoms with Gasteiger partial charge in [0.15, 0.2) is 0 Å². The number of likely N-dealkylation sites (tertiary alicyclic amines) is 1. The Morgan fingerprint density at radius 3 is 2.83 bits per heavy atom. The van der Waals surface area contributed by atoms with Crippen molar-refractivity contribution in [1.29, 1.82) is 0 Å². The third-order valence-electron chi connectivity index (χ3n) is 3.26. The molecule has 0 aromatic heterocycles. The predicted molar refractivity (Wildman–Crippen MR) is 65.3 cm³/mol. The van der Waals surface area contributed by atoms with Crippen molar-refractivity contribution in [3.05, 3.63) is 29.8 Å². The second-order valence-electron chi connectivity index (χ2n) is 4.61. The van der Waals surface area contributed by atoms with E-state index in [1.165, 1.54) is 6.07 Å². The molecule has 0 saturated carbocycles. The van der Waals surface area contributed by atoms with Crippen LogP contribution in [-0.4, -0.2) is 30.4 Å². The van der Waals surface area contributed by atoms with Gasteiger partial charge in [0.05, 0.1) is 11.7 Å². The Kier molecular flexibility index (Phi) is 3.91. The van der Waals surface area contributed by atoms with Crippen molar-refractivity contribution >= 4 is 11.6 Å². The largest absolute Gasteiger partial charge is 0.322 e. The first-order chi connectivity index (χ1) is 8.58. The van der Waals surface area contributed by atoms with Gasteiger partial charge in [0.1, 0.15) is 11.6 Å². The van der Waals surface area contributed by atoms with Crippen LogP contribution in [0.25, 0.3) is 0 Å². The Bertz CT molecular complexity index is 451. The molecule has 1 saturated heterocycles. The molecule has 2 rings (SSSR count). The van der Waals surface area contributed by atoms with Crippen LogP contribution in [0.2, 0.25) is 0 Å². The maximum Gasteiger partial charge on any atom is 0.241 e. The molecular weight excluding hydrogens is 238 g/mol. The fraction of sp³-hybridized carbons (Fsp3) is 0.462. The van der Waals surface area contributed by atoms with Gasteiger partial charge in [-0.1, -0.05) is 6.42 Å². The SMILES string of the molecule is CN1CCCCC1C(=O)Nc1ccc(F)cc1F. The minimum absolute atomic E-state index is 0.0281. The van der Waals surface area contributed by atoms with Gasteiger partial charge in [-0.15, -0.1) is 0 Å². The van der Waals surface area contributed by atoms with E-state index in [4.69, 9.17) is 0 Å². The summed E-state index contributed by atoms with van der Waals surface area (Å²) in [6.07, 6.45) is 2.84. The lowest BCUT2D eigenvalue weighted by Gasteiger charge is -2.31. The number of nitrogens with zero attached hydrogens (tertiary/aromatic N) is 1. The summed E-state index contributed by atoms with van der Waals surface area (Å²) in [5.41, 5.74) is 0.0281. The van der Waals surface area contributed by atoms with Crippen LogP contribution in [0.3, 0.4) is 0 Å². The standard InChI is InChI=1S/C13H16F2N2O/c1-17-7-3-2-4-12(17)13(18)16-11-6-5-9(14)8-10(11)15/h5-6,8,12H,2-4,7H2,1H3,(H,16,18). The first-order valence-electron chi connectivity index (χ1n) is 6.04. The van der Waals surface area contributed by atoms with Crippen LogP contribution < -0.4 is 5.32 Å². The highest BCUT2D eigenvalue weighted by Crippen LogP contribution is 2.19. The fourth-order valence-electron chi connectivity index (χ4n) is 2.21. The second kappa shape index (κ2) is 5.44. The molecule has 1 aliphatic rings. The number of benzene rings is 1. The van der Waals surface area contributed by atoms with Gasteiger partial charge >= 0.3 is 0 Å². The van der Waals surface area contributed by atoms with Crippen LogP contribution in [0.5, 0.6) is 0 Å². The summed E-state index contributed by atoms with van der Waals surface area (Å²) in [6.45, 7) is 0.865. The zero-order chi connectivity index (χ0) is 13.1. The Morgan fingerprint density at radius 2 is 2.17 bits per heavy atom. The maximum absolute atomic E-state index is 13.4. The Morgan fingerprint density at radius 1 is 1.39 bits per heavy atom. The Labute approximate surface area is 105 Å². The number of hydrogen-bond acceptors (Lipinski definition) is 2. The molecule has 1 aliphatic heterocycles. The number of likely N-dealkylation sites (N-methyl/N-ethyl adjacent to an activating group) is 1. The summed E-state index contributed by atoms with van der Waals surface area (Å²) in [7, 11) is 1.88. The van der Waals surface area contributed by atoms with Crippen LogP contribution in [0.15, 0.2) is 18.2 Å². The third-order valence-corrected chi connectivity index (χ3v) is 3.26. The van der Waals surface area contributed by atoms with Gasteiger partial charge in [-0.05, 0) is 38.6 Å². The summed E-state index contributed by atoms with van der Waals surface area (Å²) < 4.78 is 26.1. The van der Waals surface area contributed by atoms with E-state index in [0.717, 1.165) is 37.9 Å². The second-order valence-corrected chi connectivity index (χ2v) is 4.61. The normalized spacial score (nSPS) is 20.7. The summed E-state index contributed by atoms with van der Waals surface area (Å²) >= 11 is 0. The summed E-state index contributed by atoms with van der Waals surface area (Å²) in [6, 6.07) is 2.90. The number of anilines is 1. The van der Waals surface area contributed by atoms with E-state index >= 15 is 0 Å². The first kappa shape index (κ1) is 13.0. The van der Waals surface area contributed by atoms with Gasteiger partial charge in [-0.3, -0.25) is 9.69 Å². The Hall–Kier alpha value is -1.49. The van der Waals surface area contributed by atoms with Crippen molar-refractivity contribution < 1.29 is 13.6 Å². The van der Waals surface area contributed by atoms with Crippen molar-refractivity contribution in [2.24, 2.45) is 0 Å². The lowest BCUT2D eigenvalue weighted by atomic mass is 10.0. The average Bonchev–Trinajstić information content (AvgIpc) is 2.33. The molecule has 98 valence electrons. The molecule has 5 heteroatoms. The molecule has 0 aliphatic carbocycles. The molecule has 0 bridgehead atoms. The van der Waals surface area contributed by atoms with Gasteiger partial charge in [0, 0.05) is 6.07 Å². The highest BCUT2D eigenvalue weighted by Gasteiger charge is 2.26. The highest BCUT2D eigenvalue weighted by molar-refractivity contribution is 5.94. The quantitative estimate of drug-likeness (QED) is 0.879. The lowest BCUT2D eigenvalue weighted by Crippen LogP contribution is -2.44. The number of piperidine rings is 1. The van der Waals surface area contributed by atoms with Crippen molar-refractivity contribution in [3.8, 4) is 0 Å². The fourth-order valence-corrected chi connectivity index (χ4v) is 2.21. The average molecular weight is 254 g/mol. The molecule has 1 unspecified atom stereocenters. The Balaban J connectivity index is 2.06. The van der Waals surface area contributed by atoms with Gasteiger partial charge < -0.3 is 5.32 Å². The smallest absolute Gasteiger partial charge is 0.241 e. The third kappa shape index (κ3) is 2.85. The number of carbonyl (C=O) groups excluding carboxylic acids is 1. The number of halogens is 2. The number of amides is 1. The van der Waals surface area contributed by atoms with Gasteiger partial charge in [0.25, 0.3) is 0 Å². The van der Waals surface area contributed by atoms with Crippen LogP contribution in [0.1, 0.15) is 19.3 Å². The van der Waals surface area contributed by atoms with Crippen molar-refractivity contribution in [1.82, 2.24) is 4.90 Å². The summed E-state index contributed by atoms with van der Waals surface area (Å²) in [5, 5.41) is 2.52. The molecule has 1 aromatic carbocycles. The molecule has 1 N–H and O–H groups in total. The number of carbonyl (C=O) groups is 1.